The molecule has 0 aromatic carbocycles. The van der Waals surface area contributed by atoms with E-state index in [-0.39, 0.29) is 6.15 Å². The Morgan fingerprint density at radius 1 is 0.600 bits per heavy atom. The van der Waals surface area contributed by atoms with E-state index in [4.69, 9.17) is 0 Å². The van der Waals surface area contributed by atoms with Gasteiger partial charge in [0.25, 0.3) is 0 Å². The molecule has 0 rings (SSSR count). The van der Waals surface area contributed by atoms with E-state index in [0.29, 0.717) is 0 Å². The van der Waals surface area contributed by atoms with Crippen LogP contribution in [0.1, 0.15) is 91.9 Å². The topological polar surface area (TPSA) is 0 Å². The maximum absolute atomic E-state index is 3.81. The first kappa shape index (κ1) is 19.6. The van der Waals surface area contributed by atoms with Crippen molar-refractivity contribution in [2.45, 2.75) is 111 Å². The van der Waals surface area contributed by atoms with Crippen molar-refractivity contribution < 1.29 is 0 Å². The lowest BCUT2D eigenvalue weighted by Crippen LogP contribution is -2.32. The fourth-order valence-corrected chi connectivity index (χ4v) is 3.19. The Balaban J connectivity index is 4.64. The Kier molecular flexibility index (Phi) is 13.3. The largest absolute Gasteiger partial charge is 0.315 e. The van der Waals surface area contributed by atoms with Crippen molar-refractivity contribution in [1.29, 1.82) is 0 Å². The van der Waals surface area contributed by atoms with E-state index >= 15 is 0 Å². The van der Waals surface area contributed by atoms with Crippen molar-refractivity contribution >= 4 is 6.15 Å². The van der Waals surface area contributed by atoms with E-state index in [1.807, 2.05) is 0 Å². The van der Waals surface area contributed by atoms with Crippen molar-refractivity contribution in [1.82, 2.24) is 0 Å². The fraction of sp³-hybridized carbons (Fsp3) is 0.895. The molecule has 0 unspecified atom stereocenters. The van der Waals surface area contributed by atoms with Crippen molar-refractivity contribution in [2.24, 2.45) is 0 Å². The summed E-state index contributed by atoms with van der Waals surface area (Å²) in [4.78, 5) is 0. The zero-order chi connectivity index (χ0) is 15.1. The van der Waals surface area contributed by atoms with Gasteiger partial charge in [0.2, 0.25) is 0 Å². The Hall–Kier alpha value is -0.375. The van der Waals surface area contributed by atoms with Crippen LogP contribution in [0.25, 0.3) is 0 Å². The van der Waals surface area contributed by atoms with Crippen LogP contribution in [0.5, 0.6) is 0 Å². The first-order chi connectivity index (χ1) is 9.74. The van der Waals surface area contributed by atoms with E-state index < -0.39 is 0 Å². The van der Waals surface area contributed by atoms with Crippen molar-refractivity contribution in [3.8, 4) is 11.7 Å². The zero-order valence-electron chi connectivity index (χ0n) is 14.8. The Morgan fingerprint density at radius 2 is 1.05 bits per heavy atom. The SMILES string of the molecule is CCCCCC#C[B-](CCCC)(CCCC)CCCC. The van der Waals surface area contributed by atoms with Crippen molar-refractivity contribution in [3.63, 3.8) is 0 Å². The number of unbranched alkanes of at least 4 members (excludes halogenated alkanes) is 6. The second-order valence-electron chi connectivity index (χ2n) is 6.68. The number of hydrogen-bond acceptors (Lipinski definition) is 0. The lowest BCUT2D eigenvalue weighted by atomic mass is 9.19. The lowest BCUT2D eigenvalue weighted by molar-refractivity contribution is 0.737. The Labute approximate surface area is 129 Å². The minimum absolute atomic E-state index is 0.388. The molecule has 118 valence electrons. The highest BCUT2D eigenvalue weighted by molar-refractivity contribution is 6.87. The standard InChI is InChI=1S/C19H38B/c1-5-9-13-14-15-19-20(16-10-6-2,17-11-7-3)18-12-8-4/h5-14,16-18H2,1-4H3/q-1. The molecule has 0 aromatic heterocycles. The van der Waals surface area contributed by atoms with Gasteiger partial charge >= 0.3 is 0 Å². The molecule has 0 aliphatic heterocycles. The molecule has 0 atom stereocenters. The van der Waals surface area contributed by atoms with Gasteiger partial charge in [-0.2, -0.15) is 24.9 Å². The summed E-state index contributed by atoms with van der Waals surface area (Å²) in [6.07, 6.45) is 16.9. The third-order valence-corrected chi connectivity index (χ3v) is 4.64. The number of rotatable bonds is 12. The van der Waals surface area contributed by atoms with E-state index in [9.17, 15) is 0 Å². The Bertz CT molecular complexity index is 237. The normalized spacial score (nSPS) is 11.2. The van der Waals surface area contributed by atoms with Crippen LogP contribution in [0, 0.1) is 11.7 Å². The summed E-state index contributed by atoms with van der Waals surface area (Å²) in [6.45, 7) is 9.21. The van der Waals surface area contributed by atoms with Crippen LogP contribution in [0.4, 0.5) is 0 Å². The molecule has 0 saturated carbocycles. The molecule has 0 aliphatic carbocycles. The molecular weight excluding hydrogens is 239 g/mol. The third-order valence-electron chi connectivity index (χ3n) is 4.64. The molecule has 0 heterocycles. The van der Waals surface area contributed by atoms with Crippen LogP contribution in [0.15, 0.2) is 0 Å². The molecular formula is C19H38B-. The highest BCUT2D eigenvalue weighted by atomic mass is 14.0. The molecule has 0 spiro atoms. The highest BCUT2D eigenvalue weighted by Gasteiger charge is 2.20. The van der Waals surface area contributed by atoms with Crippen LogP contribution in [0.2, 0.25) is 19.0 Å². The summed E-state index contributed by atoms with van der Waals surface area (Å²) in [5.74, 6) is 7.37. The molecule has 0 aromatic rings. The molecule has 0 nitrogen and oxygen atoms in total. The van der Waals surface area contributed by atoms with Crippen LogP contribution in [-0.4, -0.2) is 6.15 Å². The molecule has 20 heavy (non-hydrogen) atoms. The van der Waals surface area contributed by atoms with Gasteiger partial charge in [-0.3, -0.25) is 0 Å². The first-order valence-corrected chi connectivity index (χ1v) is 9.45. The predicted molar refractivity (Wildman–Crippen MR) is 96.8 cm³/mol. The maximum Gasteiger partial charge on any atom is 0.0708 e. The predicted octanol–water partition coefficient (Wildman–Crippen LogP) is 6.96. The van der Waals surface area contributed by atoms with Gasteiger partial charge in [0.05, 0.1) is 6.15 Å². The second kappa shape index (κ2) is 13.6. The van der Waals surface area contributed by atoms with Gasteiger partial charge in [-0.25, -0.2) is 0 Å². The summed E-state index contributed by atoms with van der Waals surface area (Å²) >= 11 is 0. The van der Waals surface area contributed by atoms with Crippen LogP contribution in [0.3, 0.4) is 0 Å². The average molecular weight is 277 g/mol. The molecule has 0 amide bonds. The van der Waals surface area contributed by atoms with E-state index in [1.54, 1.807) is 0 Å². The second-order valence-corrected chi connectivity index (χ2v) is 6.68. The van der Waals surface area contributed by atoms with E-state index in [2.05, 4.69) is 39.4 Å². The molecule has 0 fully saturated rings. The smallest absolute Gasteiger partial charge is 0.0708 e. The highest BCUT2D eigenvalue weighted by Crippen LogP contribution is 2.27. The summed E-state index contributed by atoms with van der Waals surface area (Å²) in [7, 11) is 0. The summed E-state index contributed by atoms with van der Waals surface area (Å²) < 4.78 is 0. The van der Waals surface area contributed by atoms with Gasteiger partial charge in [-0.15, -0.1) is 0 Å². The summed E-state index contributed by atoms with van der Waals surface area (Å²) in [5, 5.41) is 0. The zero-order valence-corrected chi connectivity index (χ0v) is 14.8. The molecule has 0 radical (unpaired) electrons. The van der Waals surface area contributed by atoms with Gasteiger partial charge < -0.3 is 5.82 Å². The molecule has 0 saturated heterocycles. The van der Waals surface area contributed by atoms with Crippen LogP contribution < -0.4 is 0 Å². The van der Waals surface area contributed by atoms with E-state index in [0.717, 1.165) is 6.42 Å². The van der Waals surface area contributed by atoms with Crippen molar-refractivity contribution in [3.05, 3.63) is 0 Å². The minimum atomic E-state index is -0.388. The van der Waals surface area contributed by atoms with Gasteiger partial charge in [0.1, 0.15) is 0 Å². The summed E-state index contributed by atoms with van der Waals surface area (Å²) in [6, 6.07) is 0. The molecule has 0 N–H and O–H groups in total. The van der Waals surface area contributed by atoms with Crippen LogP contribution in [-0.2, 0) is 0 Å². The van der Waals surface area contributed by atoms with Crippen LogP contribution >= 0.6 is 0 Å². The minimum Gasteiger partial charge on any atom is -0.315 e. The number of hydrogen-bond donors (Lipinski definition) is 0. The van der Waals surface area contributed by atoms with Gasteiger partial charge in [0.15, 0.2) is 0 Å². The lowest BCUT2D eigenvalue weighted by Gasteiger charge is -2.35. The van der Waals surface area contributed by atoms with E-state index in [1.165, 1.54) is 76.7 Å². The molecule has 0 bridgehead atoms. The average Bonchev–Trinajstić information content (AvgIpc) is 2.48. The summed E-state index contributed by atoms with van der Waals surface area (Å²) in [5.41, 5.74) is 0. The first-order valence-electron chi connectivity index (χ1n) is 9.45. The third kappa shape index (κ3) is 9.52. The van der Waals surface area contributed by atoms with Gasteiger partial charge in [-0.1, -0.05) is 79.1 Å². The maximum atomic E-state index is 3.81. The van der Waals surface area contributed by atoms with Gasteiger partial charge in [-0.05, 0) is 6.42 Å². The monoisotopic (exact) mass is 277 g/mol. The van der Waals surface area contributed by atoms with Crippen molar-refractivity contribution in [2.75, 3.05) is 0 Å². The Morgan fingerprint density at radius 3 is 1.45 bits per heavy atom. The van der Waals surface area contributed by atoms with Gasteiger partial charge in [0, 0.05) is 6.42 Å². The fourth-order valence-electron chi connectivity index (χ4n) is 3.19. The quantitative estimate of drug-likeness (QED) is 0.205. The molecule has 1 heteroatoms. The molecule has 0 aliphatic rings.